The highest BCUT2D eigenvalue weighted by molar-refractivity contribution is 6.00. The van der Waals surface area contributed by atoms with Crippen molar-refractivity contribution in [2.45, 2.75) is 38.2 Å². The van der Waals surface area contributed by atoms with Crippen molar-refractivity contribution < 1.29 is 35.9 Å². The van der Waals surface area contributed by atoms with Gasteiger partial charge in [0.2, 0.25) is 0 Å². The number of carbonyl (C=O) groups excluding carboxylic acids is 1. The van der Waals surface area contributed by atoms with Crippen molar-refractivity contribution in [3.8, 4) is 5.75 Å². The van der Waals surface area contributed by atoms with Gasteiger partial charge in [0.05, 0.1) is 11.1 Å². The van der Waals surface area contributed by atoms with Gasteiger partial charge in [0.1, 0.15) is 12.4 Å². The maximum absolute atomic E-state index is 13.2. The average Bonchev–Trinajstić information content (AvgIpc) is 2.87. The third-order valence-corrected chi connectivity index (χ3v) is 6.41. The zero-order chi connectivity index (χ0) is 27.5. The molecule has 4 rings (SSSR count). The maximum Gasteiger partial charge on any atom is 0.416 e. The van der Waals surface area contributed by atoms with E-state index in [1.54, 1.807) is 24.3 Å². The number of carbonyl (C=O) groups is 1. The first-order valence-corrected chi connectivity index (χ1v) is 11.9. The molecular weight excluding hydrogens is 506 g/mol. The predicted octanol–water partition coefficient (Wildman–Crippen LogP) is 8.49. The molecule has 1 aliphatic rings. The van der Waals surface area contributed by atoms with Crippen LogP contribution in [0.2, 0.25) is 0 Å². The topological polar surface area (TPSA) is 26.3 Å². The third-order valence-electron chi connectivity index (χ3n) is 6.41. The smallest absolute Gasteiger partial charge is 0.416 e. The number of fused-ring (bicyclic) bond motifs is 1. The molecule has 0 N–H and O–H groups in total. The van der Waals surface area contributed by atoms with E-state index < -0.39 is 29.4 Å². The number of hydrogen-bond acceptors (Lipinski definition) is 2. The normalized spacial score (nSPS) is 15.9. The van der Waals surface area contributed by atoms with Crippen molar-refractivity contribution in [3.63, 3.8) is 0 Å². The Balaban J connectivity index is 1.46. The van der Waals surface area contributed by atoms with Crippen LogP contribution >= 0.6 is 0 Å². The minimum Gasteiger partial charge on any atom is -0.489 e. The maximum atomic E-state index is 13.2. The lowest BCUT2D eigenvalue weighted by Crippen LogP contribution is -2.25. The number of benzene rings is 3. The third kappa shape index (κ3) is 6.54. The van der Waals surface area contributed by atoms with Crippen LogP contribution in [0, 0.1) is 5.92 Å². The molecule has 0 spiro atoms. The highest BCUT2D eigenvalue weighted by Gasteiger charge is 2.37. The van der Waals surface area contributed by atoms with Crippen LogP contribution in [0.1, 0.15) is 50.2 Å². The minimum atomic E-state index is -4.93. The Morgan fingerprint density at radius 1 is 0.868 bits per heavy atom. The van der Waals surface area contributed by atoms with Crippen molar-refractivity contribution in [2.75, 3.05) is 0 Å². The second-order valence-electron chi connectivity index (χ2n) is 9.16. The van der Waals surface area contributed by atoms with Gasteiger partial charge >= 0.3 is 12.4 Å². The molecule has 3 aromatic rings. The molecule has 0 radical (unpaired) electrons. The summed E-state index contributed by atoms with van der Waals surface area (Å²) in [7, 11) is 0. The van der Waals surface area contributed by atoms with E-state index in [4.69, 9.17) is 4.74 Å². The quantitative estimate of drug-likeness (QED) is 0.226. The van der Waals surface area contributed by atoms with Crippen LogP contribution < -0.4 is 4.74 Å². The summed E-state index contributed by atoms with van der Waals surface area (Å²) in [4.78, 5) is 13.1. The van der Waals surface area contributed by atoms with E-state index in [0.717, 1.165) is 16.7 Å². The summed E-state index contributed by atoms with van der Waals surface area (Å²) < 4.78 is 85.1. The van der Waals surface area contributed by atoms with Gasteiger partial charge in [-0.2, -0.15) is 26.3 Å². The lowest BCUT2D eigenvalue weighted by Gasteiger charge is -2.24. The van der Waals surface area contributed by atoms with E-state index in [1.807, 2.05) is 36.4 Å². The summed E-state index contributed by atoms with van der Waals surface area (Å²) in [6.07, 6.45) is -3.85. The van der Waals surface area contributed by atoms with E-state index in [2.05, 4.69) is 6.58 Å². The molecule has 3 aromatic carbocycles. The summed E-state index contributed by atoms with van der Waals surface area (Å²) >= 11 is 0. The summed E-state index contributed by atoms with van der Waals surface area (Å²) in [6.45, 7) is 3.95. The number of ketones is 1. The van der Waals surface area contributed by atoms with Gasteiger partial charge in [-0.3, -0.25) is 4.79 Å². The molecule has 0 heterocycles. The summed E-state index contributed by atoms with van der Waals surface area (Å²) in [6, 6.07) is 14.3. The van der Waals surface area contributed by atoms with Crippen LogP contribution in [0.3, 0.4) is 0 Å². The van der Waals surface area contributed by atoms with Crippen LogP contribution in [0.25, 0.3) is 6.08 Å². The predicted molar refractivity (Wildman–Crippen MR) is 133 cm³/mol. The Morgan fingerprint density at radius 3 is 2.13 bits per heavy atom. The molecule has 0 fully saturated rings. The fraction of sp³-hybridized carbons (Fsp3) is 0.233. The number of halogens is 6. The molecule has 0 saturated heterocycles. The monoisotopic (exact) mass is 530 g/mol. The minimum absolute atomic E-state index is 0.0946. The molecule has 1 aliphatic carbocycles. The SMILES string of the molecule is C=C/C=C/c1ccc(COc2ccc3c(c2)CCC(Cc2cc(C(F)(F)F)cc(C(F)(F)F)c2)C3=O)cc1. The highest BCUT2D eigenvalue weighted by Crippen LogP contribution is 2.38. The molecule has 0 aliphatic heterocycles. The first-order chi connectivity index (χ1) is 17.9. The zero-order valence-electron chi connectivity index (χ0n) is 20.2. The van der Waals surface area contributed by atoms with E-state index in [-0.39, 0.29) is 23.8 Å². The van der Waals surface area contributed by atoms with Crippen molar-refractivity contribution in [1.29, 1.82) is 0 Å². The number of Topliss-reactive ketones (excluding diaryl/α,β-unsaturated/α-hetero) is 1. The van der Waals surface area contributed by atoms with Gasteiger partial charge in [0, 0.05) is 11.5 Å². The molecule has 198 valence electrons. The van der Waals surface area contributed by atoms with E-state index >= 15 is 0 Å². The number of rotatable bonds is 7. The molecule has 0 bridgehead atoms. The Morgan fingerprint density at radius 2 is 1.53 bits per heavy atom. The fourth-order valence-corrected chi connectivity index (χ4v) is 4.48. The van der Waals surface area contributed by atoms with Gasteiger partial charge in [-0.1, -0.05) is 49.1 Å². The molecule has 38 heavy (non-hydrogen) atoms. The van der Waals surface area contributed by atoms with Crippen LogP contribution in [0.5, 0.6) is 5.75 Å². The summed E-state index contributed by atoms with van der Waals surface area (Å²) in [5, 5.41) is 0. The van der Waals surface area contributed by atoms with E-state index in [9.17, 15) is 31.1 Å². The Kier molecular flexibility index (Phi) is 7.81. The van der Waals surface area contributed by atoms with Crippen molar-refractivity contribution >= 4 is 11.9 Å². The lowest BCUT2D eigenvalue weighted by molar-refractivity contribution is -0.143. The number of aryl methyl sites for hydroxylation is 1. The van der Waals surface area contributed by atoms with Crippen molar-refractivity contribution in [3.05, 3.63) is 118 Å². The van der Waals surface area contributed by atoms with Crippen molar-refractivity contribution in [1.82, 2.24) is 0 Å². The Hall–Kier alpha value is -3.81. The van der Waals surface area contributed by atoms with Gasteiger partial charge in [-0.25, -0.2) is 0 Å². The summed E-state index contributed by atoms with van der Waals surface area (Å²) in [5.74, 6) is -0.447. The number of alkyl halides is 6. The average molecular weight is 531 g/mol. The Labute approximate surface area is 216 Å². The van der Waals surface area contributed by atoms with Crippen LogP contribution in [0.4, 0.5) is 26.3 Å². The van der Waals surface area contributed by atoms with Gasteiger partial charge in [0.25, 0.3) is 0 Å². The second kappa shape index (κ2) is 10.9. The van der Waals surface area contributed by atoms with Gasteiger partial charge in [0.15, 0.2) is 5.78 Å². The zero-order valence-corrected chi connectivity index (χ0v) is 20.2. The first-order valence-electron chi connectivity index (χ1n) is 11.9. The van der Waals surface area contributed by atoms with E-state index in [0.29, 0.717) is 42.9 Å². The lowest BCUT2D eigenvalue weighted by atomic mass is 9.79. The van der Waals surface area contributed by atoms with E-state index in [1.165, 1.54) is 0 Å². The van der Waals surface area contributed by atoms with Gasteiger partial charge in [-0.15, -0.1) is 0 Å². The Bertz CT molecular complexity index is 1320. The van der Waals surface area contributed by atoms with Gasteiger partial charge in [-0.05, 0) is 77.9 Å². The first kappa shape index (κ1) is 27.2. The molecule has 0 saturated carbocycles. The largest absolute Gasteiger partial charge is 0.489 e. The van der Waals surface area contributed by atoms with Crippen molar-refractivity contribution in [2.24, 2.45) is 5.92 Å². The molecule has 0 aromatic heterocycles. The van der Waals surface area contributed by atoms with Crippen LogP contribution in [-0.2, 0) is 31.8 Å². The second-order valence-corrected chi connectivity index (χ2v) is 9.16. The molecule has 1 unspecified atom stereocenters. The molecule has 8 heteroatoms. The molecular formula is C30H24F6O2. The molecule has 1 atom stereocenters. The number of ether oxygens (including phenoxy) is 1. The number of hydrogen-bond donors (Lipinski definition) is 0. The molecule has 0 amide bonds. The van der Waals surface area contributed by atoms with Gasteiger partial charge < -0.3 is 4.74 Å². The fourth-order valence-electron chi connectivity index (χ4n) is 4.48. The molecule has 2 nitrogen and oxygen atoms in total. The van der Waals surface area contributed by atoms with Crippen LogP contribution in [0.15, 0.2) is 79.4 Å². The number of allylic oxidation sites excluding steroid dienone is 2. The highest BCUT2D eigenvalue weighted by atomic mass is 19.4. The van der Waals surface area contributed by atoms with Crippen LogP contribution in [-0.4, -0.2) is 5.78 Å². The summed E-state index contributed by atoms with van der Waals surface area (Å²) in [5.41, 5.74) is 0.207. The standard InChI is InChI=1S/C30H24F6O2/c1-2-3-4-19-5-7-20(8-6-19)18-38-26-11-12-27-22(16-26)9-10-23(28(27)37)13-21-14-24(29(31,32)33)17-25(15-21)30(34,35)36/h2-8,11-12,14-17,23H,1,9-10,13,18H2/b4-3+.